The second-order valence-electron chi connectivity index (χ2n) is 6.66. The number of imide groups is 1. The van der Waals surface area contributed by atoms with E-state index in [-0.39, 0.29) is 17.7 Å². The van der Waals surface area contributed by atoms with Crippen LogP contribution in [0.5, 0.6) is 0 Å². The predicted molar refractivity (Wildman–Crippen MR) is 101 cm³/mol. The fourth-order valence-corrected chi connectivity index (χ4v) is 3.79. The van der Waals surface area contributed by atoms with Gasteiger partial charge in [0.25, 0.3) is 11.8 Å². The summed E-state index contributed by atoms with van der Waals surface area (Å²) in [5, 5.41) is 1.93. The quantitative estimate of drug-likeness (QED) is 0.744. The van der Waals surface area contributed by atoms with Gasteiger partial charge in [0.2, 0.25) is 0 Å². The first-order valence-corrected chi connectivity index (χ1v) is 9.26. The maximum atomic E-state index is 13.0. The molecule has 0 bridgehead atoms. The molecular formula is C20H22N2O2S. The highest BCUT2D eigenvalue weighted by atomic mass is 32.1. The first-order chi connectivity index (χ1) is 12.0. The molecule has 4 nitrogen and oxygen atoms in total. The highest BCUT2D eigenvalue weighted by molar-refractivity contribution is 7.11. The largest absolute Gasteiger partial charge is 0.365 e. The zero-order chi connectivity index (χ0) is 18.0. The minimum absolute atomic E-state index is 0.184. The molecule has 0 N–H and O–H groups in total. The SMILES string of the molecule is CC(C)CN1C(=O)C(c2cccs2)=C(N(C)Cc2ccccc2)C1=O. The number of benzene rings is 1. The van der Waals surface area contributed by atoms with Crippen molar-refractivity contribution in [1.29, 1.82) is 0 Å². The van der Waals surface area contributed by atoms with Gasteiger partial charge in [0.05, 0.1) is 5.57 Å². The molecule has 2 heterocycles. The van der Waals surface area contributed by atoms with Gasteiger partial charge < -0.3 is 4.90 Å². The molecule has 0 unspecified atom stereocenters. The van der Waals surface area contributed by atoms with Gasteiger partial charge in [0.15, 0.2) is 0 Å². The van der Waals surface area contributed by atoms with Crippen LogP contribution in [0.15, 0.2) is 53.5 Å². The minimum atomic E-state index is -0.194. The number of amides is 2. The van der Waals surface area contributed by atoms with Crippen LogP contribution >= 0.6 is 11.3 Å². The van der Waals surface area contributed by atoms with E-state index in [9.17, 15) is 9.59 Å². The molecule has 1 aromatic carbocycles. The van der Waals surface area contributed by atoms with E-state index in [4.69, 9.17) is 0 Å². The molecule has 2 aromatic rings. The molecule has 1 aromatic heterocycles. The maximum Gasteiger partial charge on any atom is 0.277 e. The van der Waals surface area contributed by atoms with Crippen molar-refractivity contribution in [2.24, 2.45) is 5.92 Å². The third-order valence-corrected chi connectivity index (χ3v) is 4.99. The molecule has 0 saturated heterocycles. The topological polar surface area (TPSA) is 40.6 Å². The smallest absolute Gasteiger partial charge is 0.277 e. The van der Waals surface area contributed by atoms with Gasteiger partial charge >= 0.3 is 0 Å². The summed E-state index contributed by atoms with van der Waals surface area (Å²) in [6.45, 7) is 5.04. The lowest BCUT2D eigenvalue weighted by Crippen LogP contribution is -2.36. The highest BCUT2D eigenvalue weighted by Gasteiger charge is 2.41. The molecule has 0 spiro atoms. The first kappa shape index (κ1) is 17.4. The minimum Gasteiger partial charge on any atom is -0.365 e. The summed E-state index contributed by atoms with van der Waals surface area (Å²) in [4.78, 5) is 30.1. The Morgan fingerprint density at radius 2 is 1.76 bits per heavy atom. The van der Waals surface area contributed by atoms with Gasteiger partial charge in [-0.3, -0.25) is 14.5 Å². The molecule has 1 aliphatic heterocycles. The Labute approximate surface area is 152 Å². The average Bonchev–Trinajstić information content (AvgIpc) is 3.17. The van der Waals surface area contributed by atoms with Gasteiger partial charge in [-0.1, -0.05) is 50.2 Å². The van der Waals surface area contributed by atoms with Crippen molar-refractivity contribution in [3.63, 3.8) is 0 Å². The van der Waals surface area contributed by atoms with Crippen molar-refractivity contribution in [3.05, 3.63) is 64.0 Å². The van der Waals surface area contributed by atoms with E-state index >= 15 is 0 Å². The van der Waals surface area contributed by atoms with Gasteiger partial charge in [-0.2, -0.15) is 0 Å². The van der Waals surface area contributed by atoms with E-state index < -0.39 is 0 Å². The molecule has 0 atom stereocenters. The molecule has 3 rings (SSSR count). The summed E-state index contributed by atoms with van der Waals surface area (Å²) < 4.78 is 0. The Bertz CT molecular complexity index is 794. The van der Waals surface area contributed by atoms with E-state index in [0.717, 1.165) is 10.4 Å². The molecule has 0 saturated carbocycles. The second kappa shape index (κ2) is 7.23. The number of carbonyl (C=O) groups excluding carboxylic acids is 2. The van der Waals surface area contributed by atoms with Crippen LogP contribution < -0.4 is 0 Å². The Balaban J connectivity index is 1.98. The van der Waals surface area contributed by atoms with Gasteiger partial charge in [-0.25, -0.2) is 0 Å². The van der Waals surface area contributed by atoms with Crippen LogP contribution in [0.25, 0.3) is 5.57 Å². The third-order valence-electron chi connectivity index (χ3n) is 4.10. The van der Waals surface area contributed by atoms with E-state index in [2.05, 4.69) is 0 Å². The lowest BCUT2D eigenvalue weighted by atomic mass is 10.1. The molecule has 130 valence electrons. The summed E-state index contributed by atoms with van der Waals surface area (Å²) in [5.41, 5.74) is 2.13. The number of carbonyl (C=O) groups is 2. The summed E-state index contributed by atoms with van der Waals surface area (Å²) in [6.07, 6.45) is 0. The van der Waals surface area contributed by atoms with Crippen molar-refractivity contribution in [2.75, 3.05) is 13.6 Å². The van der Waals surface area contributed by atoms with Crippen molar-refractivity contribution in [1.82, 2.24) is 9.80 Å². The molecule has 1 aliphatic rings. The number of likely N-dealkylation sites (N-methyl/N-ethyl adjacent to an activating group) is 1. The molecular weight excluding hydrogens is 332 g/mol. The Morgan fingerprint density at radius 1 is 1.04 bits per heavy atom. The van der Waals surface area contributed by atoms with Gasteiger partial charge in [-0.05, 0) is 22.9 Å². The summed E-state index contributed by atoms with van der Waals surface area (Å²) in [6, 6.07) is 13.8. The lowest BCUT2D eigenvalue weighted by Gasteiger charge is -2.22. The third kappa shape index (κ3) is 3.51. The van der Waals surface area contributed by atoms with Crippen LogP contribution in [-0.4, -0.2) is 35.2 Å². The average molecular weight is 354 g/mol. The molecule has 0 fully saturated rings. The Morgan fingerprint density at radius 3 is 2.36 bits per heavy atom. The molecule has 5 heteroatoms. The van der Waals surface area contributed by atoms with Gasteiger partial charge in [0.1, 0.15) is 5.70 Å². The fourth-order valence-electron chi connectivity index (χ4n) is 3.03. The van der Waals surface area contributed by atoms with Crippen LogP contribution in [0.4, 0.5) is 0 Å². The van der Waals surface area contributed by atoms with Crippen molar-refractivity contribution in [2.45, 2.75) is 20.4 Å². The molecule has 0 aliphatic carbocycles. The van der Waals surface area contributed by atoms with Crippen molar-refractivity contribution >= 4 is 28.7 Å². The summed E-state index contributed by atoms with van der Waals surface area (Å²) >= 11 is 1.49. The standard InChI is InChI=1S/C20H22N2O2S/c1-14(2)12-22-19(23)17(16-10-7-11-25-16)18(20(22)24)21(3)13-15-8-5-4-6-9-15/h4-11,14H,12-13H2,1-3H3. The predicted octanol–water partition coefficient (Wildman–Crippen LogP) is 3.62. The van der Waals surface area contributed by atoms with Crippen LogP contribution in [0.3, 0.4) is 0 Å². The maximum absolute atomic E-state index is 13.0. The van der Waals surface area contributed by atoms with Crippen LogP contribution in [0.1, 0.15) is 24.3 Å². The van der Waals surface area contributed by atoms with Crippen molar-refractivity contribution in [3.8, 4) is 0 Å². The van der Waals surface area contributed by atoms with Gasteiger partial charge in [0, 0.05) is 25.0 Å². The van der Waals surface area contributed by atoms with E-state index in [0.29, 0.717) is 24.4 Å². The van der Waals surface area contributed by atoms with Crippen LogP contribution in [0.2, 0.25) is 0 Å². The number of rotatable bonds is 6. The Hall–Kier alpha value is -2.40. The molecule has 2 amide bonds. The zero-order valence-electron chi connectivity index (χ0n) is 14.7. The van der Waals surface area contributed by atoms with E-state index in [1.54, 1.807) is 0 Å². The number of hydrogen-bond donors (Lipinski definition) is 0. The fraction of sp³-hybridized carbons (Fsp3) is 0.300. The van der Waals surface area contributed by atoms with E-state index in [1.807, 2.05) is 73.6 Å². The first-order valence-electron chi connectivity index (χ1n) is 8.38. The monoisotopic (exact) mass is 354 g/mol. The van der Waals surface area contributed by atoms with Crippen LogP contribution in [-0.2, 0) is 16.1 Å². The zero-order valence-corrected chi connectivity index (χ0v) is 15.5. The van der Waals surface area contributed by atoms with E-state index in [1.165, 1.54) is 16.2 Å². The second-order valence-corrected chi connectivity index (χ2v) is 7.61. The van der Waals surface area contributed by atoms with Crippen LogP contribution in [0, 0.1) is 5.92 Å². The molecule has 0 radical (unpaired) electrons. The summed E-state index contributed by atoms with van der Waals surface area (Å²) in [5.74, 6) is -0.146. The normalized spacial score (nSPS) is 14.8. The van der Waals surface area contributed by atoms with Gasteiger partial charge in [-0.15, -0.1) is 11.3 Å². The number of thiophene rings is 1. The highest BCUT2D eigenvalue weighted by Crippen LogP contribution is 2.34. The number of hydrogen-bond acceptors (Lipinski definition) is 4. The summed E-state index contributed by atoms with van der Waals surface area (Å²) in [7, 11) is 1.87. The molecule has 25 heavy (non-hydrogen) atoms. The Kier molecular flexibility index (Phi) is 5.04. The number of nitrogens with zero attached hydrogens (tertiary/aromatic N) is 2. The van der Waals surface area contributed by atoms with Crippen molar-refractivity contribution < 1.29 is 9.59 Å². The lowest BCUT2D eigenvalue weighted by molar-refractivity contribution is -0.138.